The monoisotopic (exact) mass is 495 g/mol. The van der Waals surface area contributed by atoms with Gasteiger partial charge in [0.2, 0.25) is 11.8 Å². The molecule has 0 radical (unpaired) electrons. The summed E-state index contributed by atoms with van der Waals surface area (Å²) in [6, 6.07) is 14.8. The lowest BCUT2D eigenvalue weighted by Crippen LogP contribution is -2.54. The van der Waals surface area contributed by atoms with Crippen molar-refractivity contribution in [2.24, 2.45) is 0 Å². The third-order valence-electron chi connectivity index (χ3n) is 5.52. The number of anilines is 1. The summed E-state index contributed by atoms with van der Waals surface area (Å²) in [4.78, 5) is 52.3. The van der Waals surface area contributed by atoms with Crippen LogP contribution in [-0.4, -0.2) is 48.1 Å². The summed E-state index contributed by atoms with van der Waals surface area (Å²) in [6.45, 7) is 6.47. The first kappa shape index (κ1) is 26.7. The molecule has 0 saturated carbocycles. The largest absolute Gasteiger partial charge is 0.459 e. The molecule has 3 rings (SSSR count). The van der Waals surface area contributed by atoms with Gasteiger partial charge in [-0.3, -0.25) is 19.3 Å². The number of nitrogens with one attached hydrogen (secondary N) is 2. The Bertz CT molecular complexity index is 1100. The molecule has 192 valence electrons. The molecule has 9 heteroatoms. The van der Waals surface area contributed by atoms with E-state index >= 15 is 0 Å². The highest BCUT2D eigenvalue weighted by molar-refractivity contribution is 6.03. The van der Waals surface area contributed by atoms with E-state index in [0.717, 1.165) is 11.1 Å². The Labute approximate surface area is 211 Å². The summed E-state index contributed by atoms with van der Waals surface area (Å²) >= 11 is 0. The molecule has 9 nitrogen and oxygen atoms in total. The zero-order valence-corrected chi connectivity index (χ0v) is 21.1. The SMILES string of the molecule is C[C@H](NC(=O)OC(C)(C)C)C(=O)N[C@H]1CCc2ccccc2N(CC(=O)OCc2ccccc2)C1=O. The lowest BCUT2D eigenvalue weighted by Gasteiger charge is -2.26. The third kappa shape index (κ3) is 7.56. The van der Waals surface area contributed by atoms with Crippen LogP contribution < -0.4 is 15.5 Å². The van der Waals surface area contributed by atoms with Crippen LogP contribution in [0.5, 0.6) is 0 Å². The minimum Gasteiger partial charge on any atom is -0.459 e. The standard InChI is InChI=1S/C27H33N3O6/c1-18(28-26(34)36-27(2,3)4)24(32)29-21-15-14-20-12-8-9-13-22(20)30(25(21)33)16-23(31)35-17-19-10-6-5-7-11-19/h5-13,18,21H,14-17H2,1-4H3,(H,28,34)(H,29,32)/t18-,21-/m0/s1. The number of rotatable bonds is 7. The quantitative estimate of drug-likeness (QED) is 0.571. The summed E-state index contributed by atoms with van der Waals surface area (Å²) in [6.07, 6.45) is 0.139. The molecule has 1 heterocycles. The number of ether oxygens (including phenoxy) is 2. The van der Waals surface area contributed by atoms with Gasteiger partial charge in [-0.15, -0.1) is 0 Å². The van der Waals surface area contributed by atoms with E-state index in [-0.39, 0.29) is 13.2 Å². The number of carbonyl (C=O) groups is 4. The number of nitrogens with zero attached hydrogens (tertiary/aromatic N) is 1. The summed E-state index contributed by atoms with van der Waals surface area (Å²) < 4.78 is 10.6. The molecule has 2 atom stereocenters. The topological polar surface area (TPSA) is 114 Å². The van der Waals surface area contributed by atoms with Crippen molar-refractivity contribution < 1.29 is 28.7 Å². The number of para-hydroxylation sites is 1. The van der Waals surface area contributed by atoms with Crippen molar-refractivity contribution in [3.05, 3.63) is 65.7 Å². The molecular formula is C27H33N3O6. The second-order valence-electron chi connectivity index (χ2n) is 9.67. The second-order valence-corrected chi connectivity index (χ2v) is 9.67. The van der Waals surface area contributed by atoms with Gasteiger partial charge in [-0.1, -0.05) is 48.5 Å². The van der Waals surface area contributed by atoms with E-state index in [0.29, 0.717) is 18.5 Å². The third-order valence-corrected chi connectivity index (χ3v) is 5.52. The Morgan fingerprint density at radius 2 is 1.72 bits per heavy atom. The van der Waals surface area contributed by atoms with E-state index in [9.17, 15) is 19.2 Å². The minimum atomic E-state index is -0.928. The van der Waals surface area contributed by atoms with Gasteiger partial charge in [0, 0.05) is 5.69 Å². The lowest BCUT2D eigenvalue weighted by molar-refractivity contribution is -0.144. The Hall–Kier alpha value is -3.88. The fraction of sp³-hybridized carbons (Fsp3) is 0.407. The molecule has 36 heavy (non-hydrogen) atoms. The zero-order valence-electron chi connectivity index (χ0n) is 21.1. The molecule has 0 fully saturated rings. The average Bonchev–Trinajstić information content (AvgIpc) is 2.94. The molecule has 0 aliphatic carbocycles. The molecule has 2 aromatic carbocycles. The Morgan fingerprint density at radius 1 is 1.06 bits per heavy atom. The molecule has 0 unspecified atom stereocenters. The van der Waals surface area contributed by atoms with Crippen LogP contribution in [0.4, 0.5) is 10.5 Å². The molecule has 0 aromatic heterocycles. The molecule has 1 aliphatic heterocycles. The zero-order chi connectivity index (χ0) is 26.3. The lowest BCUT2D eigenvalue weighted by atomic mass is 10.1. The van der Waals surface area contributed by atoms with Gasteiger partial charge in [0.1, 0.15) is 30.8 Å². The maximum Gasteiger partial charge on any atom is 0.408 e. The summed E-state index contributed by atoms with van der Waals surface area (Å²) in [5, 5.41) is 5.20. The maximum atomic E-state index is 13.5. The van der Waals surface area contributed by atoms with Crippen molar-refractivity contribution in [2.45, 2.75) is 64.8 Å². The first-order valence-corrected chi connectivity index (χ1v) is 11.9. The number of carbonyl (C=O) groups excluding carboxylic acids is 4. The van der Waals surface area contributed by atoms with Gasteiger partial charge in [0.15, 0.2) is 0 Å². The van der Waals surface area contributed by atoms with Gasteiger partial charge >= 0.3 is 12.1 Å². The molecule has 2 aromatic rings. The molecular weight excluding hydrogens is 462 g/mol. The van der Waals surface area contributed by atoms with Gasteiger partial charge in [0.25, 0.3) is 0 Å². The fourth-order valence-electron chi connectivity index (χ4n) is 3.77. The normalized spacial score (nSPS) is 16.3. The van der Waals surface area contributed by atoms with Gasteiger partial charge < -0.3 is 20.1 Å². The molecule has 0 saturated heterocycles. The minimum absolute atomic E-state index is 0.0946. The summed E-state index contributed by atoms with van der Waals surface area (Å²) in [5.74, 6) is -1.51. The fourth-order valence-corrected chi connectivity index (χ4v) is 3.77. The first-order chi connectivity index (χ1) is 17.0. The number of hydrogen-bond donors (Lipinski definition) is 2. The molecule has 0 spiro atoms. The van der Waals surface area contributed by atoms with Crippen LogP contribution >= 0.6 is 0 Å². The predicted octanol–water partition coefficient (Wildman–Crippen LogP) is 3.11. The van der Waals surface area contributed by atoms with Gasteiger partial charge in [-0.05, 0) is 57.7 Å². The number of aryl methyl sites for hydroxylation is 1. The molecule has 1 aliphatic rings. The highest BCUT2D eigenvalue weighted by Gasteiger charge is 2.34. The molecule has 3 amide bonds. The van der Waals surface area contributed by atoms with Crippen molar-refractivity contribution in [1.82, 2.24) is 10.6 Å². The number of amides is 3. The molecule has 2 N–H and O–H groups in total. The smallest absolute Gasteiger partial charge is 0.408 e. The number of hydrogen-bond acceptors (Lipinski definition) is 6. The number of fused-ring (bicyclic) bond motifs is 1. The van der Waals surface area contributed by atoms with E-state index in [1.165, 1.54) is 11.8 Å². The number of alkyl carbamates (subject to hydrolysis) is 1. The summed E-state index contributed by atoms with van der Waals surface area (Å²) in [5.41, 5.74) is 1.62. The van der Waals surface area contributed by atoms with Crippen molar-refractivity contribution in [3.63, 3.8) is 0 Å². The van der Waals surface area contributed by atoms with Gasteiger partial charge in [-0.25, -0.2) is 4.79 Å². The van der Waals surface area contributed by atoms with Crippen molar-refractivity contribution >= 4 is 29.6 Å². The number of benzene rings is 2. The summed E-state index contributed by atoms with van der Waals surface area (Å²) in [7, 11) is 0. The van der Waals surface area contributed by atoms with Crippen LogP contribution in [-0.2, 0) is 36.9 Å². The van der Waals surface area contributed by atoms with Crippen LogP contribution in [0.25, 0.3) is 0 Å². The van der Waals surface area contributed by atoms with Crippen LogP contribution in [0.3, 0.4) is 0 Å². The Morgan fingerprint density at radius 3 is 2.42 bits per heavy atom. The number of esters is 1. The van der Waals surface area contributed by atoms with E-state index in [1.807, 2.05) is 42.5 Å². The van der Waals surface area contributed by atoms with Crippen molar-refractivity contribution in [2.75, 3.05) is 11.4 Å². The van der Waals surface area contributed by atoms with Gasteiger partial charge in [-0.2, -0.15) is 0 Å². The van der Waals surface area contributed by atoms with E-state index in [1.54, 1.807) is 32.9 Å². The van der Waals surface area contributed by atoms with Crippen LogP contribution in [0.1, 0.15) is 45.2 Å². The van der Waals surface area contributed by atoms with Crippen molar-refractivity contribution in [3.8, 4) is 0 Å². The highest BCUT2D eigenvalue weighted by atomic mass is 16.6. The van der Waals surface area contributed by atoms with E-state index in [2.05, 4.69) is 10.6 Å². The predicted molar refractivity (Wildman–Crippen MR) is 134 cm³/mol. The highest BCUT2D eigenvalue weighted by Crippen LogP contribution is 2.27. The van der Waals surface area contributed by atoms with Crippen LogP contribution in [0, 0.1) is 0 Å². The molecule has 0 bridgehead atoms. The Balaban J connectivity index is 1.68. The maximum absolute atomic E-state index is 13.5. The van der Waals surface area contributed by atoms with E-state index in [4.69, 9.17) is 9.47 Å². The second kappa shape index (κ2) is 11.7. The Kier molecular flexibility index (Phi) is 8.68. The van der Waals surface area contributed by atoms with Crippen molar-refractivity contribution in [1.29, 1.82) is 0 Å². The van der Waals surface area contributed by atoms with Crippen LogP contribution in [0.15, 0.2) is 54.6 Å². The first-order valence-electron chi connectivity index (χ1n) is 11.9. The average molecular weight is 496 g/mol. The van der Waals surface area contributed by atoms with Crippen LogP contribution in [0.2, 0.25) is 0 Å². The van der Waals surface area contributed by atoms with E-state index < -0.39 is 41.6 Å². The van der Waals surface area contributed by atoms with Gasteiger partial charge in [0.05, 0.1) is 0 Å².